The Hall–Kier alpha value is -2.14. The Bertz CT molecular complexity index is 896. The van der Waals surface area contributed by atoms with E-state index in [-0.39, 0.29) is 0 Å². The number of hydrogen-bond donors (Lipinski definition) is 1. The van der Waals surface area contributed by atoms with Gasteiger partial charge in [0.1, 0.15) is 17.0 Å². The molecule has 4 rings (SSSR count). The largest absolute Gasteiger partial charge is 0.372 e. The summed E-state index contributed by atoms with van der Waals surface area (Å²) in [5.74, 6) is 1.71. The maximum atomic E-state index is 4.57. The summed E-state index contributed by atoms with van der Waals surface area (Å²) >= 11 is 1.84. The Morgan fingerprint density at radius 1 is 1.15 bits per heavy atom. The molecule has 0 radical (unpaired) electrons. The van der Waals surface area contributed by atoms with Crippen LogP contribution in [-0.2, 0) is 12.8 Å². The second-order valence-corrected chi connectivity index (χ2v) is 8.18. The molecular weight excluding hydrogens is 340 g/mol. The van der Waals surface area contributed by atoms with Crippen molar-refractivity contribution in [3.63, 3.8) is 0 Å². The third-order valence-electron chi connectivity index (χ3n) is 5.35. The summed E-state index contributed by atoms with van der Waals surface area (Å²) in [6, 6.07) is 8.64. The first-order chi connectivity index (χ1) is 12.7. The van der Waals surface area contributed by atoms with Crippen LogP contribution in [0.3, 0.4) is 0 Å². The van der Waals surface area contributed by atoms with Gasteiger partial charge < -0.3 is 10.2 Å². The first kappa shape index (κ1) is 17.3. The van der Waals surface area contributed by atoms with Gasteiger partial charge in [-0.25, -0.2) is 9.97 Å². The lowest BCUT2D eigenvalue weighted by Gasteiger charge is -2.21. The van der Waals surface area contributed by atoms with Gasteiger partial charge in [0.2, 0.25) is 0 Å². The van der Waals surface area contributed by atoms with E-state index in [1.807, 2.05) is 11.3 Å². The second-order valence-electron chi connectivity index (χ2n) is 7.10. The molecule has 0 aliphatic heterocycles. The highest BCUT2D eigenvalue weighted by molar-refractivity contribution is 7.19. The van der Waals surface area contributed by atoms with E-state index < -0.39 is 0 Å². The van der Waals surface area contributed by atoms with Gasteiger partial charge in [-0.05, 0) is 68.9 Å². The van der Waals surface area contributed by atoms with Gasteiger partial charge in [0, 0.05) is 29.3 Å². The van der Waals surface area contributed by atoms with Crippen LogP contribution in [0.25, 0.3) is 10.2 Å². The molecule has 0 bridgehead atoms. The van der Waals surface area contributed by atoms with Gasteiger partial charge in [0.15, 0.2) is 0 Å². The highest BCUT2D eigenvalue weighted by Crippen LogP contribution is 2.40. The van der Waals surface area contributed by atoms with E-state index in [9.17, 15) is 0 Å². The fraction of sp³-hybridized carbons (Fsp3) is 0.429. The SMILES string of the molecule is CCN(CC)c1ccc(Nc2ncnc3sc4c(c23)CC[C@H](C)C4)cc1. The molecule has 0 spiro atoms. The van der Waals surface area contributed by atoms with Crippen LogP contribution in [0.1, 0.15) is 37.6 Å². The molecule has 136 valence electrons. The van der Waals surface area contributed by atoms with Gasteiger partial charge in [-0.15, -0.1) is 11.3 Å². The standard InChI is InChI=1S/C21H26N4S/c1-4-25(5-2)16-9-7-15(8-10-16)24-20-19-17-11-6-14(3)12-18(17)26-21(19)23-13-22-20/h7-10,13-14H,4-6,11-12H2,1-3H3,(H,22,23,24)/t14-/m0/s1. The molecule has 1 atom stereocenters. The van der Waals surface area contributed by atoms with Crippen LogP contribution < -0.4 is 10.2 Å². The maximum absolute atomic E-state index is 4.57. The molecule has 4 nitrogen and oxygen atoms in total. The van der Waals surface area contributed by atoms with E-state index >= 15 is 0 Å². The van der Waals surface area contributed by atoms with E-state index in [4.69, 9.17) is 0 Å². The van der Waals surface area contributed by atoms with Crippen LogP contribution >= 0.6 is 11.3 Å². The molecule has 0 unspecified atom stereocenters. The van der Waals surface area contributed by atoms with Crippen LogP contribution in [0, 0.1) is 5.92 Å². The molecule has 0 saturated heterocycles. The molecule has 1 aliphatic rings. The topological polar surface area (TPSA) is 41.0 Å². The summed E-state index contributed by atoms with van der Waals surface area (Å²) in [7, 11) is 0. The normalized spacial score (nSPS) is 16.5. The van der Waals surface area contributed by atoms with Crippen LogP contribution in [0.2, 0.25) is 0 Å². The monoisotopic (exact) mass is 366 g/mol. The predicted octanol–water partition coefficient (Wildman–Crippen LogP) is 5.41. The smallest absolute Gasteiger partial charge is 0.142 e. The Kier molecular flexibility index (Phi) is 4.81. The van der Waals surface area contributed by atoms with Crippen molar-refractivity contribution in [2.75, 3.05) is 23.3 Å². The zero-order valence-corrected chi connectivity index (χ0v) is 16.6. The zero-order valence-electron chi connectivity index (χ0n) is 15.7. The van der Waals surface area contributed by atoms with E-state index in [1.165, 1.54) is 34.4 Å². The molecular formula is C21H26N4S. The summed E-state index contributed by atoms with van der Waals surface area (Å²) < 4.78 is 0. The number of aryl methyl sites for hydroxylation is 1. The Labute approximate surface area is 159 Å². The van der Waals surface area contributed by atoms with Gasteiger partial charge in [-0.1, -0.05) is 6.92 Å². The van der Waals surface area contributed by atoms with Crippen LogP contribution in [0.4, 0.5) is 17.2 Å². The number of hydrogen-bond acceptors (Lipinski definition) is 5. The van der Waals surface area contributed by atoms with Crippen molar-refractivity contribution < 1.29 is 0 Å². The van der Waals surface area contributed by atoms with Crippen LogP contribution in [0.5, 0.6) is 0 Å². The number of anilines is 3. The van der Waals surface area contributed by atoms with E-state index in [1.54, 1.807) is 6.33 Å². The summed E-state index contributed by atoms with van der Waals surface area (Å²) in [4.78, 5) is 14.1. The quantitative estimate of drug-likeness (QED) is 0.656. The van der Waals surface area contributed by atoms with Gasteiger partial charge >= 0.3 is 0 Å². The number of aromatic nitrogens is 2. The summed E-state index contributed by atoms with van der Waals surface area (Å²) in [6.45, 7) is 8.77. The molecule has 1 aliphatic carbocycles. The van der Waals surface area contributed by atoms with Crippen molar-refractivity contribution in [2.45, 2.75) is 40.0 Å². The van der Waals surface area contributed by atoms with Crippen molar-refractivity contribution in [3.05, 3.63) is 41.0 Å². The molecule has 3 aromatic rings. The molecule has 0 amide bonds. The van der Waals surface area contributed by atoms with E-state index in [2.05, 4.69) is 65.2 Å². The Morgan fingerprint density at radius 3 is 2.65 bits per heavy atom. The van der Waals surface area contributed by atoms with Crippen molar-refractivity contribution in [1.29, 1.82) is 0 Å². The van der Waals surface area contributed by atoms with E-state index in [0.29, 0.717) is 0 Å². The van der Waals surface area contributed by atoms with Crippen molar-refractivity contribution >= 4 is 38.7 Å². The van der Waals surface area contributed by atoms with Crippen LogP contribution in [-0.4, -0.2) is 23.1 Å². The maximum Gasteiger partial charge on any atom is 0.142 e. The Balaban J connectivity index is 1.65. The minimum absolute atomic E-state index is 0.771. The van der Waals surface area contributed by atoms with Crippen molar-refractivity contribution in [3.8, 4) is 0 Å². The number of thiophene rings is 1. The third-order valence-corrected chi connectivity index (χ3v) is 6.51. The number of nitrogens with zero attached hydrogens (tertiary/aromatic N) is 3. The molecule has 26 heavy (non-hydrogen) atoms. The Morgan fingerprint density at radius 2 is 1.92 bits per heavy atom. The molecule has 0 fully saturated rings. The van der Waals surface area contributed by atoms with Gasteiger partial charge in [-0.3, -0.25) is 0 Å². The number of fused-ring (bicyclic) bond motifs is 3. The van der Waals surface area contributed by atoms with Crippen molar-refractivity contribution in [1.82, 2.24) is 9.97 Å². The fourth-order valence-electron chi connectivity index (χ4n) is 3.85. The molecule has 0 saturated carbocycles. The molecule has 1 aromatic carbocycles. The van der Waals surface area contributed by atoms with Gasteiger partial charge in [0.05, 0.1) is 5.39 Å². The van der Waals surface area contributed by atoms with Gasteiger partial charge in [-0.2, -0.15) is 0 Å². The number of rotatable bonds is 5. The lowest BCUT2D eigenvalue weighted by molar-refractivity contribution is 0.509. The third kappa shape index (κ3) is 3.16. The summed E-state index contributed by atoms with van der Waals surface area (Å²) in [6.07, 6.45) is 5.25. The second kappa shape index (κ2) is 7.23. The van der Waals surface area contributed by atoms with Crippen LogP contribution in [0.15, 0.2) is 30.6 Å². The number of benzene rings is 1. The first-order valence-corrected chi connectivity index (χ1v) is 10.4. The fourth-order valence-corrected chi connectivity index (χ4v) is 5.20. The average molecular weight is 367 g/mol. The lowest BCUT2D eigenvalue weighted by Crippen LogP contribution is -2.21. The van der Waals surface area contributed by atoms with Crippen molar-refractivity contribution in [2.24, 2.45) is 5.92 Å². The zero-order chi connectivity index (χ0) is 18.1. The average Bonchev–Trinajstić information content (AvgIpc) is 3.02. The van der Waals surface area contributed by atoms with Gasteiger partial charge in [0.25, 0.3) is 0 Å². The lowest BCUT2D eigenvalue weighted by atomic mass is 9.89. The molecule has 5 heteroatoms. The highest BCUT2D eigenvalue weighted by atomic mass is 32.1. The molecule has 1 N–H and O–H groups in total. The highest BCUT2D eigenvalue weighted by Gasteiger charge is 2.23. The summed E-state index contributed by atoms with van der Waals surface area (Å²) in [5, 5.41) is 4.76. The molecule has 2 aromatic heterocycles. The summed E-state index contributed by atoms with van der Waals surface area (Å²) in [5.41, 5.74) is 3.80. The minimum Gasteiger partial charge on any atom is -0.372 e. The first-order valence-electron chi connectivity index (χ1n) is 9.56. The number of nitrogens with one attached hydrogen (secondary N) is 1. The molecule has 2 heterocycles. The van der Waals surface area contributed by atoms with E-state index in [0.717, 1.165) is 41.8 Å². The minimum atomic E-state index is 0.771. The predicted molar refractivity (Wildman–Crippen MR) is 112 cm³/mol.